The second-order valence-corrected chi connectivity index (χ2v) is 9.74. The molecule has 2 aromatic carbocycles. The van der Waals surface area contributed by atoms with Gasteiger partial charge in [0, 0.05) is 24.1 Å². The van der Waals surface area contributed by atoms with Crippen LogP contribution in [-0.4, -0.2) is 58.1 Å². The van der Waals surface area contributed by atoms with E-state index in [0.717, 1.165) is 20.6 Å². The Kier molecular flexibility index (Phi) is 8.46. The van der Waals surface area contributed by atoms with Crippen molar-refractivity contribution in [3.63, 3.8) is 0 Å². The van der Waals surface area contributed by atoms with Crippen LogP contribution in [0.3, 0.4) is 0 Å². The number of benzene rings is 2. The predicted octanol–water partition coefficient (Wildman–Crippen LogP) is 2.39. The molecule has 0 aliphatic carbocycles. The van der Waals surface area contributed by atoms with Crippen LogP contribution in [0.15, 0.2) is 53.0 Å². The van der Waals surface area contributed by atoms with E-state index < -0.39 is 28.5 Å². The maximum Gasteiger partial charge on any atom is 0.244 e. The summed E-state index contributed by atoms with van der Waals surface area (Å²) in [7, 11) is -0.823. The van der Waals surface area contributed by atoms with E-state index in [1.165, 1.54) is 25.1 Å². The number of halogens is 1. The van der Waals surface area contributed by atoms with E-state index in [-0.39, 0.29) is 12.5 Å². The zero-order valence-corrected chi connectivity index (χ0v) is 20.2. The van der Waals surface area contributed by atoms with Crippen molar-refractivity contribution in [1.82, 2.24) is 10.2 Å². The van der Waals surface area contributed by atoms with Crippen molar-refractivity contribution in [2.75, 3.05) is 31.3 Å². The smallest absolute Gasteiger partial charge is 0.244 e. The van der Waals surface area contributed by atoms with Crippen molar-refractivity contribution in [3.05, 3.63) is 58.6 Å². The highest BCUT2D eigenvalue weighted by Gasteiger charge is 2.29. The molecule has 8 nitrogen and oxygen atoms in total. The second-order valence-electron chi connectivity index (χ2n) is 6.91. The van der Waals surface area contributed by atoms with Crippen LogP contribution in [0.2, 0.25) is 0 Å². The van der Waals surface area contributed by atoms with Gasteiger partial charge < -0.3 is 15.0 Å². The lowest BCUT2D eigenvalue weighted by Crippen LogP contribution is -2.50. The van der Waals surface area contributed by atoms with Gasteiger partial charge in [0.1, 0.15) is 18.3 Å². The molecule has 1 N–H and O–H groups in total. The van der Waals surface area contributed by atoms with Crippen molar-refractivity contribution in [2.45, 2.75) is 19.5 Å². The first-order chi connectivity index (χ1) is 14.6. The van der Waals surface area contributed by atoms with Gasteiger partial charge in [-0.15, -0.1) is 0 Å². The summed E-state index contributed by atoms with van der Waals surface area (Å²) in [5, 5.41) is 2.54. The summed E-state index contributed by atoms with van der Waals surface area (Å²) in [6, 6.07) is 13.0. The molecule has 0 heterocycles. The number of hydrogen-bond acceptors (Lipinski definition) is 5. The molecule has 0 spiro atoms. The highest BCUT2D eigenvalue weighted by Crippen LogP contribution is 2.24. The van der Waals surface area contributed by atoms with Crippen LogP contribution in [0.25, 0.3) is 0 Å². The maximum atomic E-state index is 13.3. The molecule has 2 amide bonds. The zero-order valence-electron chi connectivity index (χ0n) is 17.8. The van der Waals surface area contributed by atoms with Gasteiger partial charge in [0.2, 0.25) is 21.8 Å². The lowest BCUT2D eigenvalue weighted by atomic mass is 10.1. The number of likely N-dealkylation sites (N-methyl/N-ethyl adjacent to an activating group) is 1. The fourth-order valence-electron chi connectivity index (χ4n) is 3.00. The number of hydrogen-bond donors (Lipinski definition) is 1. The third-order valence-corrected chi connectivity index (χ3v) is 6.31. The molecule has 2 aromatic rings. The monoisotopic (exact) mass is 511 g/mol. The minimum atomic E-state index is -3.78. The first-order valence-electron chi connectivity index (χ1n) is 9.44. The molecule has 2 rings (SSSR count). The molecule has 0 saturated carbocycles. The Morgan fingerprint density at radius 1 is 1.16 bits per heavy atom. The summed E-state index contributed by atoms with van der Waals surface area (Å²) in [6.07, 6.45) is 1.03. The SMILES string of the molecule is CNC(=O)C(C)N(Cc1cccc(Br)c1)C(=O)CN(c1cccc(OC)c1)S(C)(=O)=O. The quantitative estimate of drug-likeness (QED) is 0.557. The van der Waals surface area contributed by atoms with Crippen LogP contribution >= 0.6 is 15.9 Å². The molecule has 0 radical (unpaired) electrons. The second kappa shape index (κ2) is 10.6. The number of methoxy groups -OCH3 is 1. The average Bonchev–Trinajstić information content (AvgIpc) is 2.73. The first kappa shape index (κ1) is 24.7. The number of rotatable bonds is 9. The largest absolute Gasteiger partial charge is 0.497 e. The fraction of sp³-hybridized carbons (Fsp3) is 0.333. The highest BCUT2D eigenvalue weighted by atomic mass is 79.9. The van der Waals surface area contributed by atoms with Crippen LogP contribution in [0.5, 0.6) is 5.75 Å². The Bertz CT molecular complexity index is 1040. The average molecular weight is 512 g/mol. The van der Waals surface area contributed by atoms with Crippen LogP contribution in [-0.2, 0) is 26.2 Å². The summed E-state index contributed by atoms with van der Waals surface area (Å²) in [5.74, 6) is -0.400. The number of nitrogens with zero attached hydrogens (tertiary/aromatic N) is 2. The normalized spacial score (nSPS) is 12.0. The Hall–Kier alpha value is -2.59. The van der Waals surface area contributed by atoms with E-state index in [1.54, 1.807) is 25.1 Å². The highest BCUT2D eigenvalue weighted by molar-refractivity contribution is 9.10. The van der Waals surface area contributed by atoms with Crippen LogP contribution < -0.4 is 14.4 Å². The molecule has 0 aromatic heterocycles. The van der Waals surface area contributed by atoms with Crippen molar-refractivity contribution >= 4 is 43.5 Å². The van der Waals surface area contributed by atoms with Gasteiger partial charge in [-0.25, -0.2) is 8.42 Å². The van der Waals surface area contributed by atoms with E-state index in [4.69, 9.17) is 4.74 Å². The molecule has 31 heavy (non-hydrogen) atoms. The molecule has 0 saturated heterocycles. The fourth-order valence-corrected chi connectivity index (χ4v) is 4.29. The van der Waals surface area contributed by atoms with Gasteiger partial charge in [0.25, 0.3) is 0 Å². The molecular formula is C21H26BrN3O5S. The zero-order chi connectivity index (χ0) is 23.2. The van der Waals surface area contributed by atoms with Gasteiger partial charge in [-0.05, 0) is 36.8 Å². The Morgan fingerprint density at radius 3 is 2.42 bits per heavy atom. The van der Waals surface area contributed by atoms with Gasteiger partial charge in [0.05, 0.1) is 19.1 Å². The molecule has 0 aliphatic heterocycles. The van der Waals surface area contributed by atoms with Crippen LogP contribution in [0.1, 0.15) is 12.5 Å². The predicted molar refractivity (Wildman–Crippen MR) is 123 cm³/mol. The topological polar surface area (TPSA) is 96.0 Å². The standard InChI is InChI=1S/C21H26BrN3O5S/c1-15(21(27)23-2)24(13-16-7-5-8-17(22)11-16)20(26)14-25(31(4,28)29)18-9-6-10-19(12-18)30-3/h5-12,15H,13-14H2,1-4H3,(H,23,27). The van der Waals surface area contributed by atoms with E-state index in [2.05, 4.69) is 21.2 Å². The van der Waals surface area contributed by atoms with Gasteiger partial charge in [-0.3, -0.25) is 13.9 Å². The van der Waals surface area contributed by atoms with Crippen molar-refractivity contribution in [3.8, 4) is 5.75 Å². The van der Waals surface area contributed by atoms with Crippen molar-refractivity contribution < 1.29 is 22.7 Å². The number of ether oxygens (including phenoxy) is 1. The third-order valence-electron chi connectivity index (χ3n) is 4.68. The summed E-state index contributed by atoms with van der Waals surface area (Å²) in [5.41, 5.74) is 1.09. The van der Waals surface area contributed by atoms with Crippen molar-refractivity contribution in [2.24, 2.45) is 0 Å². The number of carbonyl (C=O) groups excluding carboxylic acids is 2. The van der Waals surface area contributed by atoms with Crippen molar-refractivity contribution in [1.29, 1.82) is 0 Å². The molecule has 0 fully saturated rings. The number of sulfonamides is 1. The minimum absolute atomic E-state index is 0.141. The summed E-state index contributed by atoms with van der Waals surface area (Å²) < 4.78 is 32.0. The molecule has 10 heteroatoms. The molecule has 1 unspecified atom stereocenters. The van der Waals surface area contributed by atoms with Gasteiger partial charge >= 0.3 is 0 Å². The lowest BCUT2D eigenvalue weighted by molar-refractivity contribution is -0.139. The number of carbonyl (C=O) groups is 2. The van der Waals surface area contributed by atoms with Crippen LogP contribution in [0.4, 0.5) is 5.69 Å². The summed E-state index contributed by atoms with van der Waals surface area (Å²) in [6.45, 7) is 1.29. The summed E-state index contributed by atoms with van der Waals surface area (Å²) in [4.78, 5) is 26.9. The minimum Gasteiger partial charge on any atom is -0.497 e. The van der Waals surface area contributed by atoms with E-state index >= 15 is 0 Å². The van der Waals surface area contributed by atoms with E-state index in [1.807, 2.05) is 24.3 Å². The van der Waals surface area contributed by atoms with E-state index in [9.17, 15) is 18.0 Å². The van der Waals surface area contributed by atoms with Gasteiger partial charge in [-0.1, -0.05) is 34.1 Å². The molecule has 0 bridgehead atoms. The maximum absolute atomic E-state index is 13.3. The third kappa shape index (κ3) is 6.70. The lowest BCUT2D eigenvalue weighted by Gasteiger charge is -2.31. The molecule has 1 atom stereocenters. The Labute approximate surface area is 191 Å². The Balaban J connectivity index is 2.39. The number of amides is 2. The Morgan fingerprint density at radius 2 is 1.84 bits per heavy atom. The molecular weight excluding hydrogens is 486 g/mol. The molecule has 168 valence electrons. The van der Waals surface area contributed by atoms with Gasteiger partial charge in [-0.2, -0.15) is 0 Å². The van der Waals surface area contributed by atoms with Crippen LogP contribution in [0, 0.1) is 0 Å². The number of anilines is 1. The van der Waals surface area contributed by atoms with E-state index in [0.29, 0.717) is 11.4 Å². The molecule has 0 aliphatic rings. The van der Waals surface area contributed by atoms with Gasteiger partial charge in [0.15, 0.2) is 0 Å². The first-order valence-corrected chi connectivity index (χ1v) is 12.1. The number of nitrogens with one attached hydrogen (secondary N) is 1. The summed E-state index contributed by atoms with van der Waals surface area (Å²) >= 11 is 3.40.